The molecule has 0 aliphatic carbocycles. The number of likely N-dealkylation sites (tertiary alicyclic amines) is 1. The molecule has 1 aliphatic rings. The highest BCUT2D eigenvalue weighted by Gasteiger charge is 2.23. The van der Waals surface area contributed by atoms with Crippen LogP contribution in [0.2, 0.25) is 0 Å². The van der Waals surface area contributed by atoms with E-state index in [0.717, 1.165) is 38.1 Å². The van der Waals surface area contributed by atoms with Crippen molar-refractivity contribution in [1.82, 2.24) is 4.90 Å². The Bertz CT molecular complexity index is 444. The van der Waals surface area contributed by atoms with E-state index in [0.29, 0.717) is 24.9 Å². The third kappa shape index (κ3) is 3.99. The highest BCUT2D eigenvalue weighted by molar-refractivity contribution is 5.76. The van der Waals surface area contributed by atoms with Crippen LogP contribution in [0.3, 0.4) is 0 Å². The molecule has 1 atom stereocenters. The SMILES string of the molecule is CCCC(=O)N1CCCC(COc2ccccc2C)C1. The predicted octanol–water partition coefficient (Wildman–Crippen LogP) is 3.41. The molecule has 0 N–H and O–H groups in total. The number of hydrogen-bond acceptors (Lipinski definition) is 2. The molecule has 1 aromatic carbocycles. The maximum atomic E-state index is 12.0. The Hall–Kier alpha value is -1.51. The van der Waals surface area contributed by atoms with Crippen LogP contribution in [0.4, 0.5) is 0 Å². The lowest BCUT2D eigenvalue weighted by Gasteiger charge is -2.32. The van der Waals surface area contributed by atoms with Crippen LogP contribution in [0.15, 0.2) is 24.3 Å². The van der Waals surface area contributed by atoms with Gasteiger partial charge in [-0.2, -0.15) is 0 Å². The topological polar surface area (TPSA) is 29.5 Å². The molecule has 0 spiro atoms. The zero-order valence-electron chi connectivity index (χ0n) is 12.6. The van der Waals surface area contributed by atoms with Crippen LogP contribution in [0, 0.1) is 12.8 Å². The van der Waals surface area contributed by atoms with E-state index in [2.05, 4.69) is 19.9 Å². The second-order valence-electron chi connectivity index (χ2n) is 5.67. The molecule has 1 saturated heterocycles. The molecule has 1 aliphatic heterocycles. The van der Waals surface area contributed by atoms with Gasteiger partial charge in [-0.25, -0.2) is 0 Å². The van der Waals surface area contributed by atoms with E-state index in [1.165, 1.54) is 5.56 Å². The van der Waals surface area contributed by atoms with Crippen LogP contribution < -0.4 is 4.74 Å². The molecule has 1 amide bonds. The summed E-state index contributed by atoms with van der Waals surface area (Å²) in [6.07, 6.45) is 3.85. The zero-order valence-corrected chi connectivity index (χ0v) is 12.6. The fourth-order valence-electron chi connectivity index (χ4n) is 2.73. The highest BCUT2D eigenvalue weighted by Crippen LogP contribution is 2.21. The number of nitrogens with zero attached hydrogens (tertiary/aromatic N) is 1. The third-order valence-electron chi connectivity index (χ3n) is 3.90. The maximum Gasteiger partial charge on any atom is 0.222 e. The van der Waals surface area contributed by atoms with Crippen LogP contribution >= 0.6 is 0 Å². The van der Waals surface area contributed by atoms with Gasteiger partial charge in [0, 0.05) is 25.4 Å². The number of carbonyl (C=O) groups excluding carboxylic acids is 1. The van der Waals surface area contributed by atoms with Crippen molar-refractivity contribution in [3.05, 3.63) is 29.8 Å². The van der Waals surface area contributed by atoms with Gasteiger partial charge in [-0.05, 0) is 37.8 Å². The standard InChI is InChI=1S/C17H25NO2/c1-3-7-17(19)18-11-6-9-15(12-18)13-20-16-10-5-4-8-14(16)2/h4-5,8,10,15H,3,6-7,9,11-13H2,1-2H3. The smallest absolute Gasteiger partial charge is 0.222 e. The summed E-state index contributed by atoms with van der Waals surface area (Å²) < 4.78 is 5.93. The lowest BCUT2D eigenvalue weighted by Crippen LogP contribution is -2.41. The first-order valence-corrected chi connectivity index (χ1v) is 7.67. The number of piperidine rings is 1. The van der Waals surface area contributed by atoms with Crippen molar-refractivity contribution < 1.29 is 9.53 Å². The van der Waals surface area contributed by atoms with E-state index in [1.807, 2.05) is 23.1 Å². The summed E-state index contributed by atoms with van der Waals surface area (Å²) in [6, 6.07) is 8.10. The second-order valence-corrected chi connectivity index (χ2v) is 5.67. The molecule has 0 radical (unpaired) electrons. The molecule has 0 aromatic heterocycles. The Morgan fingerprint density at radius 1 is 1.40 bits per heavy atom. The number of aryl methyl sites for hydroxylation is 1. The van der Waals surface area contributed by atoms with Crippen LogP contribution in [0.25, 0.3) is 0 Å². The normalized spacial score (nSPS) is 18.9. The van der Waals surface area contributed by atoms with Gasteiger partial charge in [0.05, 0.1) is 6.61 Å². The number of benzene rings is 1. The predicted molar refractivity (Wildman–Crippen MR) is 80.9 cm³/mol. The summed E-state index contributed by atoms with van der Waals surface area (Å²) in [5, 5.41) is 0. The van der Waals surface area contributed by atoms with Gasteiger partial charge >= 0.3 is 0 Å². The lowest BCUT2D eigenvalue weighted by molar-refractivity contribution is -0.133. The second kappa shape index (κ2) is 7.32. The lowest BCUT2D eigenvalue weighted by atomic mass is 9.98. The minimum absolute atomic E-state index is 0.299. The maximum absolute atomic E-state index is 12.0. The van der Waals surface area contributed by atoms with Gasteiger partial charge in [-0.1, -0.05) is 25.1 Å². The molecule has 110 valence electrons. The summed E-state index contributed by atoms with van der Waals surface area (Å²) in [6.45, 7) is 6.60. The molecule has 1 aromatic rings. The molecule has 1 heterocycles. The number of hydrogen-bond donors (Lipinski definition) is 0. The summed E-state index contributed by atoms with van der Waals surface area (Å²) in [5.74, 6) is 1.72. The molecule has 3 heteroatoms. The summed E-state index contributed by atoms with van der Waals surface area (Å²) in [7, 11) is 0. The number of ether oxygens (including phenoxy) is 1. The van der Waals surface area contributed by atoms with Crippen molar-refractivity contribution in [3.8, 4) is 5.75 Å². The molecule has 1 unspecified atom stereocenters. The Kier molecular flexibility index (Phi) is 5.45. The van der Waals surface area contributed by atoms with Gasteiger partial charge < -0.3 is 9.64 Å². The highest BCUT2D eigenvalue weighted by atomic mass is 16.5. The van der Waals surface area contributed by atoms with Crippen molar-refractivity contribution in [2.45, 2.75) is 39.5 Å². The van der Waals surface area contributed by atoms with Crippen molar-refractivity contribution in [3.63, 3.8) is 0 Å². The van der Waals surface area contributed by atoms with Crippen molar-refractivity contribution in [2.24, 2.45) is 5.92 Å². The minimum Gasteiger partial charge on any atom is -0.493 e. The molecule has 1 fully saturated rings. The largest absolute Gasteiger partial charge is 0.493 e. The summed E-state index contributed by atoms with van der Waals surface area (Å²) >= 11 is 0. The van der Waals surface area contributed by atoms with Crippen molar-refractivity contribution in [2.75, 3.05) is 19.7 Å². The molecular weight excluding hydrogens is 250 g/mol. The van der Waals surface area contributed by atoms with Gasteiger partial charge in [0.25, 0.3) is 0 Å². The number of amides is 1. The van der Waals surface area contributed by atoms with Gasteiger partial charge in [0.15, 0.2) is 0 Å². The monoisotopic (exact) mass is 275 g/mol. The van der Waals surface area contributed by atoms with Crippen LogP contribution in [-0.4, -0.2) is 30.5 Å². The van der Waals surface area contributed by atoms with E-state index in [-0.39, 0.29) is 0 Å². The Balaban J connectivity index is 1.84. The average molecular weight is 275 g/mol. The van der Waals surface area contributed by atoms with E-state index < -0.39 is 0 Å². The molecule has 2 rings (SSSR count). The summed E-state index contributed by atoms with van der Waals surface area (Å²) in [4.78, 5) is 14.0. The van der Waals surface area contributed by atoms with Crippen molar-refractivity contribution >= 4 is 5.91 Å². The first kappa shape index (κ1) is 14.9. The quantitative estimate of drug-likeness (QED) is 0.824. The summed E-state index contributed by atoms with van der Waals surface area (Å²) in [5.41, 5.74) is 1.17. The van der Waals surface area contributed by atoms with Crippen LogP contribution in [-0.2, 0) is 4.79 Å². The molecular formula is C17H25NO2. The van der Waals surface area contributed by atoms with Crippen LogP contribution in [0.5, 0.6) is 5.75 Å². The number of para-hydroxylation sites is 1. The average Bonchev–Trinajstić information content (AvgIpc) is 2.47. The first-order chi connectivity index (χ1) is 9.70. The minimum atomic E-state index is 0.299. The van der Waals surface area contributed by atoms with Crippen LogP contribution in [0.1, 0.15) is 38.2 Å². The van der Waals surface area contributed by atoms with Gasteiger partial charge in [0.2, 0.25) is 5.91 Å². The fraction of sp³-hybridized carbons (Fsp3) is 0.588. The molecule has 3 nitrogen and oxygen atoms in total. The van der Waals surface area contributed by atoms with Crippen molar-refractivity contribution in [1.29, 1.82) is 0 Å². The molecule has 20 heavy (non-hydrogen) atoms. The molecule has 0 bridgehead atoms. The number of rotatable bonds is 5. The Labute approximate surface area is 121 Å². The van der Waals surface area contributed by atoms with E-state index >= 15 is 0 Å². The Morgan fingerprint density at radius 3 is 2.95 bits per heavy atom. The van der Waals surface area contributed by atoms with E-state index in [9.17, 15) is 4.79 Å². The van der Waals surface area contributed by atoms with Gasteiger partial charge in [-0.15, -0.1) is 0 Å². The van der Waals surface area contributed by atoms with E-state index in [4.69, 9.17) is 4.74 Å². The fourth-order valence-corrected chi connectivity index (χ4v) is 2.73. The number of carbonyl (C=O) groups is 1. The molecule has 0 saturated carbocycles. The van der Waals surface area contributed by atoms with Gasteiger partial charge in [0.1, 0.15) is 5.75 Å². The zero-order chi connectivity index (χ0) is 14.4. The third-order valence-corrected chi connectivity index (χ3v) is 3.90. The first-order valence-electron chi connectivity index (χ1n) is 7.67. The van der Waals surface area contributed by atoms with Gasteiger partial charge in [-0.3, -0.25) is 4.79 Å². The Morgan fingerprint density at radius 2 is 2.20 bits per heavy atom. The van der Waals surface area contributed by atoms with E-state index in [1.54, 1.807) is 0 Å².